The van der Waals surface area contributed by atoms with Crippen molar-refractivity contribution in [1.29, 1.82) is 0 Å². The maximum absolute atomic E-state index is 4.31. The average Bonchev–Trinajstić information content (AvgIpc) is 2.81. The van der Waals surface area contributed by atoms with Crippen LogP contribution in [0.2, 0.25) is 0 Å². The lowest BCUT2D eigenvalue weighted by atomic mass is 10.3. The number of rotatable bonds is 3. The van der Waals surface area contributed by atoms with Gasteiger partial charge < -0.3 is 0 Å². The van der Waals surface area contributed by atoms with Crippen molar-refractivity contribution >= 4 is 22.7 Å². The quantitative estimate of drug-likeness (QED) is 0.615. The molecule has 0 fully saturated rings. The molecular formula is C12H12N2S. The highest BCUT2D eigenvalue weighted by Gasteiger charge is 1.96. The van der Waals surface area contributed by atoms with E-state index in [4.69, 9.17) is 0 Å². The van der Waals surface area contributed by atoms with Crippen LogP contribution < -0.4 is 5.43 Å². The van der Waals surface area contributed by atoms with E-state index in [0.717, 1.165) is 11.4 Å². The Labute approximate surface area is 93.3 Å². The summed E-state index contributed by atoms with van der Waals surface area (Å²) in [5.74, 6) is 0. The second kappa shape index (κ2) is 4.75. The highest BCUT2D eigenvalue weighted by atomic mass is 32.1. The first-order valence-corrected chi connectivity index (χ1v) is 5.63. The van der Waals surface area contributed by atoms with Crippen LogP contribution in [0.15, 0.2) is 52.9 Å². The van der Waals surface area contributed by atoms with Gasteiger partial charge in [0.2, 0.25) is 0 Å². The van der Waals surface area contributed by atoms with Gasteiger partial charge in [-0.1, -0.05) is 24.3 Å². The minimum atomic E-state index is 1.01. The molecule has 2 rings (SSSR count). The molecule has 1 heterocycles. The van der Waals surface area contributed by atoms with E-state index in [9.17, 15) is 0 Å². The normalized spacial score (nSPS) is 11.4. The lowest BCUT2D eigenvalue weighted by molar-refractivity contribution is 1.33. The minimum absolute atomic E-state index is 1.01. The van der Waals surface area contributed by atoms with Gasteiger partial charge in [-0.15, -0.1) is 11.3 Å². The maximum atomic E-state index is 4.31. The van der Waals surface area contributed by atoms with Crippen molar-refractivity contribution in [3.63, 3.8) is 0 Å². The molecule has 1 N–H and O–H groups in total. The van der Waals surface area contributed by atoms with Crippen molar-refractivity contribution in [1.82, 2.24) is 0 Å². The zero-order valence-corrected chi connectivity index (χ0v) is 9.29. The Morgan fingerprint density at radius 3 is 2.60 bits per heavy atom. The summed E-state index contributed by atoms with van der Waals surface area (Å²) in [6.45, 7) is 2.00. The lowest BCUT2D eigenvalue weighted by Gasteiger charge is -2.00. The summed E-state index contributed by atoms with van der Waals surface area (Å²) >= 11 is 1.70. The third-order valence-corrected chi connectivity index (χ3v) is 2.98. The first-order chi connectivity index (χ1) is 7.36. The van der Waals surface area contributed by atoms with Crippen molar-refractivity contribution in [2.75, 3.05) is 5.43 Å². The lowest BCUT2D eigenvalue weighted by Crippen LogP contribution is -1.96. The van der Waals surface area contributed by atoms with E-state index in [1.807, 2.05) is 43.3 Å². The summed E-state index contributed by atoms with van der Waals surface area (Å²) in [6, 6.07) is 14.0. The van der Waals surface area contributed by atoms with E-state index in [1.165, 1.54) is 4.88 Å². The van der Waals surface area contributed by atoms with Gasteiger partial charge in [0, 0.05) is 4.88 Å². The number of hydrogen-bond donors (Lipinski definition) is 1. The van der Waals surface area contributed by atoms with Crippen molar-refractivity contribution in [2.45, 2.75) is 6.92 Å². The first kappa shape index (κ1) is 9.93. The van der Waals surface area contributed by atoms with Crippen LogP contribution in [-0.2, 0) is 0 Å². The van der Waals surface area contributed by atoms with Crippen LogP contribution in [0.4, 0.5) is 5.69 Å². The summed E-state index contributed by atoms with van der Waals surface area (Å²) in [5, 5.41) is 6.37. The molecule has 0 amide bonds. The zero-order chi connectivity index (χ0) is 10.5. The van der Waals surface area contributed by atoms with E-state index < -0.39 is 0 Å². The Morgan fingerprint density at radius 1 is 1.13 bits per heavy atom. The van der Waals surface area contributed by atoms with Crippen LogP contribution in [0.3, 0.4) is 0 Å². The molecule has 0 saturated heterocycles. The molecule has 2 nitrogen and oxygen atoms in total. The molecule has 0 radical (unpaired) electrons. The highest BCUT2D eigenvalue weighted by Crippen LogP contribution is 2.11. The Kier molecular flexibility index (Phi) is 3.15. The zero-order valence-electron chi connectivity index (χ0n) is 8.47. The summed E-state index contributed by atoms with van der Waals surface area (Å²) < 4.78 is 0. The Balaban J connectivity index is 2.06. The van der Waals surface area contributed by atoms with Gasteiger partial charge >= 0.3 is 0 Å². The molecule has 0 aliphatic rings. The Hall–Kier alpha value is -1.61. The summed E-state index contributed by atoms with van der Waals surface area (Å²) in [7, 11) is 0. The molecule has 1 aromatic carbocycles. The topological polar surface area (TPSA) is 24.4 Å². The van der Waals surface area contributed by atoms with Gasteiger partial charge in [-0.25, -0.2) is 0 Å². The SMILES string of the molecule is CC(=NNc1ccccc1)c1cccs1. The Bertz CT molecular complexity index is 432. The number of benzene rings is 1. The van der Waals surface area contributed by atoms with E-state index in [1.54, 1.807) is 11.3 Å². The van der Waals surface area contributed by atoms with Crippen LogP contribution in [-0.4, -0.2) is 5.71 Å². The molecule has 1 aromatic heterocycles. The minimum Gasteiger partial charge on any atom is -0.278 e. The molecule has 0 aliphatic heterocycles. The van der Waals surface area contributed by atoms with Crippen LogP contribution in [0.25, 0.3) is 0 Å². The molecular weight excluding hydrogens is 204 g/mol. The highest BCUT2D eigenvalue weighted by molar-refractivity contribution is 7.12. The molecule has 0 saturated carbocycles. The van der Waals surface area contributed by atoms with Gasteiger partial charge in [-0.3, -0.25) is 5.43 Å². The molecule has 15 heavy (non-hydrogen) atoms. The number of para-hydroxylation sites is 1. The summed E-state index contributed by atoms with van der Waals surface area (Å²) in [4.78, 5) is 1.19. The standard InChI is InChI=1S/C12H12N2S/c1-10(12-8-5-9-15-12)13-14-11-6-3-2-4-7-11/h2-9,14H,1H3. The van der Waals surface area contributed by atoms with Gasteiger partial charge in [0.15, 0.2) is 0 Å². The maximum Gasteiger partial charge on any atom is 0.0747 e. The van der Waals surface area contributed by atoms with Crippen molar-refractivity contribution < 1.29 is 0 Å². The molecule has 0 aliphatic carbocycles. The van der Waals surface area contributed by atoms with Crippen molar-refractivity contribution in [3.05, 3.63) is 52.7 Å². The largest absolute Gasteiger partial charge is 0.278 e. The summed E-state index contributed by atoms with van der Waals surface area (Å²) in [5.41, 5.74) is 5.04. The number of hydrazone groups is 1. The number of nitrogens with zero attached hydrogens (tertiary/aromatic N) is 1. The van der Waals surface area contributed by atoms with Gasteiger partial charge in [0.05, 0.1) is 11.4 Å². The van der Waals surface area contributed by atoms with Crippen molar-refractivity contribution in [3.8, 4) is 0 Å². The molecule has 0 bridgehead atoms. The third kappa shape index (κ3) is 2.67. The molecule has 0 atom stereocenters. The second-order valence-corrected chi connectivity index (χ2v) is 4.10. The predicted octanol–water partition coefficient (Wildman–Crippen LogP) is 3.58. The summed E-state index contributed by atoms with van der Waals surface area (Å²) in [6.07, 6.45) is 0. The molecule has 3 heteroatoms. The molecule has 2 aromatic rings. The van der Waals surface area contributed by atoms with Crippen LogP contribution >= 0.6 is 11.3 Å². The van der Waals surface area contributed by atoms with Gasteiger partial charge in [0.1, 0.15) is 0 Å². The van der Waals surface area contributed by atoms with Crippen LogP contribution in [0, 0.1) is 0 Å². The molecule has 0 unspecified atom stereocenters. The monoisotopic (exact) mass is 216 g/mol. The number of nitrogens with one attached hydrogen (secondary N) is 1. The average molecular weight is 216 g/mol. The smallest absolute Gasteiger partial charge is 0.0747 e. The second-order valence-electron chi connectivity index (χ2n) is 3.15. The van der Waals surface area contributed by atoms with Gasteiger partial charge in [-0.05, 0) is 30.5 Å². The molecule has 76 valence electrons. The van der Waals surface area contributed by atoms with E-state index in [-0.39, 0.29) is 0 Å². The van der Waals surface area contributed by atoms with Gasteiger partial charge in [-0.2, -0.15) is 5.10 Å². The van der Waals surface area contributed by atoms with Crippen LogP contribution in [0.1, 0.15) is 11.8 Å². The number of anilines is 1. The Morgan fingerprint density at radius 2 is 1.93 bits per heavy atom. The fraction of sp³-hybridized carbons (Fsp3) is 0.0833. The van der Waals surface area contributed by atoms with Crippen LogP contribution in [0.5, 0.6) is 0 Å². The predicted molar refractivity (Wildman–Crippen MR) is 66.6 cm³/mol. The molecule has 0 spiro atoms. The first-order valence-electron chi connectivity index (χ1n) is 4.75. The number of thiophene rings is 1. The van der Waals surface area contributed by atoms with E-state index in [2.05, 4.69) is 22.0 Å². The number of hydrogen-bond acceptors (Lipinski definition) is 3. The fourth-order valence-electron chi connectivity index (χ4n) is 1.20. The fourth-order valence-corrected chi connectivity index (χ4v) is 1.88. The van der Waals surface area contributed by atoms with Gasteiger partial charge in [0.25, 0.3) is 0 Å². The third-order valence-electron chi connectivity index (χ3n) is 2.00. The van der Waals surface area contributed by atoms with Crippen molar-refractivity contribution in [2.24, 2.45) is 5.10 Å². The van der Waals surface area contributed by atoms with E-state index >= 15 is 0 Å². The van der Waals surface area contributed by atoms with E-state index in [0.29, 0.717) is 0 Å².